The standard InChI is InChI=1S/C15H17N3O3S/c1-20-12-5-4-11(6-13(12)21-8-10-2-3-10)7-16-18-15-17-14(19)9-22-15/h4-7,10H,2-3,8-9H2,1H3,(H,17,18,19). The number of methoxy groups -OCH3 is 1. The van der Waals surface area contributed by atoms with Crippen molar-refractivity contribution in [1.29, 1.82) is 0 Å². The Balaban J connectivity index is 1.67. The van der Waals surface area contributed by atoms with Crippen molar-refractivity contribution < 1.29 is 14.3 Å². The Morgan fingerprint density at radius 3 is 2.95 bits per heavy atom. The van der Waals surface area contributed by atoms with Gasteiger partial charge in [0.25, 0.3) is 0 Å². The minimum atomic E-state index is -0.0424. The lowest BCUT2D eigenvalue weighted by Gasteiger charge is -2.10. The number of hydrogen-bond acceptors (Lipinski definition) is 6. The number of thioether (sulfide) groups is 1. The Kier molecular flexibility index (Phi) is 4.62. The normalized spacial score (nSPS) is 19.7. The Morgan fingerprint density at radius 1 is 1.41 bits per heavy atom. The number of nitrogens with zero attached hydrogens (tertiary/aromatic N) is 2. The molecule has 1 amide bonds. The van der Waals surface area contributed by atoms with Gasteiger partial charge in [-0.1, -0.05) is 11.8 Å². The number of nitrogens with one attached hydrogen (secondary N) is 1. The van der Waals surface area contributed by atoms with E-state index in [-0.39, 0.29) is 5.91 Å². The number of carbonyl (C=O) groups is 1. The lowest BCUT2D eigenvalue weighted by Crippen LogP contribution is -2.19. The first kappa shape index (κ1) is 14.9. The van der Waals surface area contributed by atoms with Crippen molar-refractivity contribution in [2.24, 2.45) is 16.1 Å². The van der Waals surface area contributed by atoms with E-state index in [1.54, 1.807) is 13.3 Å². The van der Waals surface area contributed by atoms with Crippen molar-refractivity contribution in [3.63, 3.8) is 0 Å². The molecule has 1 aromatic carbocycles. The highest BCUT2D eigenvalue weighted by Gasteiger charge is 2.22. The minimum absolute atomic E-state index is 0.0424. The van der Waals surface area contributed by atoms with E-state index in [0.29, 0.717) is 22.6 Å². The lowest BCUT2D eigenvalue weighted by atomic mass is 10.2. The maximum atomic E-state index is 11.0. The largest absolute Gasteiger partial charge is 0.493 e. The third-order valence-electron chi connectivity index (χ3n) is 3.30. The Bertz CT molecular complexity index is 626. The van der Waals surface area contributed by atoms with Crippen molar-refractivity contribution in [1.82, 2.24) is 5.32 Å². The molecule has 0 spiro atoms. The summed E-state index contributed by atoms with van der Waals surface area (Å²) in [7, 11) is 1.62. The quantitative estimate of drug-likeness (QED) is 0.643. The topological polar surface area (TPSA) is 72.3 Å². The molecular weight excluding hydrogens is 302 g/mol. The van der Waals surface area contributed by atoms with Crippen molar-refractivity contribution >= 4 is 29.1 Å². The summed E-state index contributed by atoms with van der Waals surface area (Å²) < 4.78 is 11.1. The molecule has 7 heteroatoms. The summed E-state index contributed by atoms with van der Waals surface area (Å²) in [5.74, 6) is 2.46. The average molecular weight is 319 g/mol. The van der Waals surface area contributed by atoms with Gasteiger partial charge in [0.05, 0.1) is 25.7 Å². The molecule has 1 N–H and O–H groups in total. The van der Waals surface area contributed by atoms with Crippen LogP contribution in [0.5, 0.6) is 11.5 Å². The van der Waals surface area contributed by atoms with Crippen LogP contribution in [-0.2, 0) is 4.79 Å². The zero-order chi connectivity index (χ0) is 15.4. The van der Waals surface area contributed by atoms with Crippen molar-refractivity contribution in [3.05, 3.63) is 23.8 Å². The molecule has 2 fully saturated rings. The summed E-state index contributed by atoms with van der Waals surface area (Å²) in [6.45, 7) is 0.724. The molecule has 3 rings (SSSR count). The molecule has 116 valence electrons. The van der Waals surface area contributed by atoms with Crippen LogP contribution < -0.4 is 14.8 Å². The van der Waals surface area contributed by atoms with Crippen LogP contribution in [0.4, 0.5) is 0 Å². The lowest BCUT2D eigenvalue weighted by molar-refractivity contribution is -0.116. The fourth-order valence-corrected chi connectivity index (χ4v) is 2.54. The smallest absolute Gasteiger partial charge is 0.236 e. The first-order valence-corrected chi connectivity index (χ1v) is 8.07. The maximum absolute atomic E-state index is 11.0. The van der Waals surface area contributed by atoms with Crippen molar-refractivity contribution in [3.8, 4) is 11.5 Å². The van der Waals surface area contributed by atoms with Gasteiger partial charge in [-0.25, -0.2) is 0 Å². The molecule has 0 bridgehead atoms. The van der Waals surface area contributed by atoms with Gasteiger partial charge in [0.2, 0.25) is 5.91 Å². The number of amides is 1. The van der Waals surface area contributed by atoms with E-state index < -0.39 is 0 Å². The predicted octanol–water partition coefficient (Wildman–Crippen LogP) is 2.04. The van der Waals surface area contributed by atoms with Crippen LogP contribution in [0.2, 0.25) is 0 Å². The summed E-state index contributed by atoms with van der Waals surface area (Å²) >= 11 is 1.34. The molecule has 6 nitrogen and oxygen atoms in total. The second kappa shape index (κ2) is 6.83. The predicted molar refractivity (Wildman–Crippen MR) is 86.8 cm³/mol. The fourth-order valence-electron chi connectivity index (χ4n) is 1.91. The SMILES string of the molecule is COc1ccc(C=NN=C2NC(=O)CS2)cc1OCC1CC1. The van der Waals surface area contributed by atoms with Crippen molar-refractivity contribution in [2.75, 3.05) is 19.5 Å². The first-order valence-electron chi connectivity index (χ1n) is 7.09. The Labute approximate surface area is 133 Å². The monoisotopic (exact) mass is 319 g/mol. The summed E-state index contributed by atoms with van der Waals surface area (Å²) in [5, 5.41) is 11.1. The van der Waals surface area contributed by atoms with Crippen molar-refractivity contribution in [2.45, 2.75) is 12.8 Å². The molecule has 1 aliphatic heterocycles. The molecule has 22 heavy (non-hydrogen) atoms. The second-order valence-corrected chi connectivity index (χ2v) is 6.12. The van der Waals surface area contributed by atoms with E-state index in [4.69, 9.17) is 9.47 Å². The Morgan fingerprint density at radius 2 is 2.27 bits per heavy atom. The Hall–Kier alpha value is -2.02. The third kappa shape index (κ3) is 4.00. The molecule has 0 unspecified atom stereocenters. The van der Waals surface area contributed by atoms with E-state index in [1.807, 2.05) is 18.2 Å². The van der Waals surface area contributed by atoms with Crippen LogP contribution in [0.15, 0.2) is 28.4 Å². The molecular formula is C15H17N3O3S. The number of carbonyl (C=O) groups excluding carboxylic acids is 1. The van der Waals surface area contributed by atoms with Gasteiger partial charge in [0.1, 0.15) is 0 Å². The van der Waals surface area contributed by atoms with E-state index in [1.165, 1.54) is 24.6 Å². The summed E-state index contributed by atoms with van der Waals surface area (Å²) in [4.78, 5) is 11.0. The molecule has 1 heterocycles. The molecule has 1 aliphatic carbocycles. The molecule has 1 saturated carbocycles. The van der Waals surface area contributed by atoms with E-state index in [9.17, 15) is 4.79 Å². The van der Waals surface area contributed by atoms with Crippen LogP contribution in [0.3, 0.4) is 0 Å². The van der Waals surface area contributed by atoms with Gasteiger partial charge in [0, 0.05) is 0 Å². The average Bonchev–Trinajstić information content (AvgIpc) is 3.27. The molecule has 0 radical (unpaired) electrons. The summed E-state index contributed by atoms with van der Waals surface area (Å²) in [5.41, 5.74) is 0.866. The second-order valence-electron chi connectivity index (χ2n) is 5.15. The molecule has 1 saturated heterocycles. The molecule has 2 aliphatic rings. The summed E-state index contributed by atoms with van der Waals surface area (Å²) in [6, 6.07) is 5.61. The van der Waals surface area contributed by atoms with Crippen LogP contribution in [0.25, 0.3) is 0 Å². The maximum Gasteiger partial charge on any atom is 0.236 e. The minimum Gasteiger partial charge on any atom is -0.493 e. The third-order valence-corrected chi connectivity index (χ3v) is 4.16. The van der Waals surface area contributed by atoms with E-state index in [2.05, 4.69) is 15.5 Å². The zero-order valence-electron chi connectivity index (χ0n) is 12.2. The van der Waals surface area contributed by atoms with Gasteiger partial charge < -0.3 is 14.8 Å². The van der Waals surface area contributed by atoms with Gasteiger partial charge in [-0.2, -0.15) is 5.10 Å². The van der Waals surface area contributed by atoms with Crippen LogP contribution >= 0.6 is 11.8 Å². The van der Waals surface area contributed by atoms with Gasteiger partial charge >= 0.3 is 0 Å². The van der Waals surface area contributed by atoms with Gasteiger partial charge in [-0.05, 0) is 42.5 Å². The number of ether oxygens (including phenoxy) is 2. The number of rotatable bonds is 6. The van der Waals surface area contributed by atoms with Gasteiger partial charge in [-0.3, -0.25) is 4.79 Å². The zero-order valence-corrected chi connectivity index (χ0v) is 13.1. The highest BCUT2D eigenvalue weighted by molar-refractivity contribution is 8.15. The molecule has 1 aromatic rings. The van der Waals surface area contributed by atoms with E-state index in [0.717, 1.165) is 17.9 Å². The molecule has 0 aromatic heterocycles. The van der Waals surface area contributed by atoms with Gasteiger partial charge in [0.15, 0.2) is 16.7 Å². The summed E-state index contributed by atoms with van der Waals surface area (Å²) in [6.07, 6.45) is 4.11. The van der Waals surface area contributed by atoms with Crippen LogP contribution in [0.1, 0.15) is 18.4 Å². The van der Waals surface area contributed by atoms with Crippen LogP contribution in [-0.4, -0.2) is 36.8 Å². The van der Waals surface area contributed by atoms with Crippen LogP contribution in [0, 0.1) is 5.92 Å². The number of hydrogen-bond donors (Lipinski definition) is 1. The van der Waals surface area contributed by atoms with E-state index >= 15 is 0 Å². The number of amidine groups is 1. The first-order chi connectivity index (χ1) is 10.7. The van der Waals surface area contributed by atoms with Gasteiger partial charge in [-0.15, -0.1) is 5.10 Å². The molecule has 0 atom stereocenters. The highest BCUT2D eigenvalue weighted by atomic mass is 32.2. The highest BCUT2D eigenvalue weighted by Crippen LogP contribution is 2.33. The fraction of sp³-hybridized carbons (Fsp3) is 0.400. The number of benzene rings is 1.